The number of fused-ring (bicyclic) bond motifs is 1. The van der Waals surface area contributed by atoms with E-state index in [2.05, 4.69) is 10.0 Å². The molecular weight excluding hydrogens is 206 g/mol. The number of hydrogen-bond acceptors (Lipinski definition) is 3. The molecule has 0 N–H and O–H groups in total. The van der Waals surface area contributed by atoms with Gasteiger partial charge in [-0.05, 0) is 35.7 Å². The minimum Gasteiger partial charge on any atom is -0.422 e. The number of hydrogen-bond donors (Lipinski definition) is 0. The fraction of sp³-hybridized carbons (Fsp3) is 0.182. The Bertz CT molecular complexity index is 639. The van der Waals surface area contributed by atoms with E-state index in [-0.39, 0.29) is 5.69 Å². The molecule has 0 bridgehead atoms. The van der Waals surface area contributed by atoms with Crippen molar-refractivity contribution in [2.45, 2.75) is 13.3 Å². The van der Waals surface area contributed by atoms with Crippen LogP contribution in [0.25, 0.3) is 21.4 Å². The molecule has 0 amide bonds. The molecule has 80 valence electrons. The zero-order chi connectivity index (χ0) is 11.5. The summed E-state index contributed by atoms with van der Waals surface area (Å²) in [6.07, 6.45) is 0.895. The van der Waals surface area contributed by atoms with Crippen molar-refractivity contribution in [1.82, 2.24) is 0 Å². The Hall–Kier alpha value is -2.26. The molecule has 2 aromatic rings. The Morgan fingerprint density at radius 2 is 2.25 bits per heavy atom. The third-order valence-electron chi connectivity index (χ3n) is 2.34. The minimum atomic E-state index is -0.616. The van der Waals surface area contributed by atoms with Crippen molar-refractivity contribution in [2.75, 3.05) is 0 Å². The quantitative estimate of drug-likeness (QED) is 0.333. The molecule has 2 rings (SSSR count). The summed E-state index contributed by atoms with van der Waals surface area (Å²) in [7, 11) is 0. The second-order valence-electron chi connectivity index (χ2n) is 3.33. The van der Waals surface area contributed by atoms with E-state index in [0.717, 1.165) is 17.4 Å². The molecule has 0 unspecified atom stereocenters. The molecule has 0 saturated carbocycles. The third kappa shape index (κ3) is 1.76. The van der Waals surface area contributed by atoms with E-state index >= 15 is 0 Å². The van der Waals surface area contributed by atoms with Crippen molar-refractivity contribution in [1.29, 1.82) is 0 Å². The maximum absolute atomic E-state index is 11.3. The van der Waals surface area contributed by atoms with Crippen molar-refractivity contribution in [3.8, 4) is 0 Å². The van der Waals surface area contributed by atoms with Gasteiger partial charge in [-0.15, -0.1) is 0 Å². The van der Waals surface area contributed by atoms with Crippen molar-refractivity contribution in [3.05, 3.63) is 50.7 Å². The molecule has 0 aliphatic carbocycles. The average Bonchev–Trinajstić information content (AvgIpc) is 2.30. The molecule has 0 radical (unpaired) electrons. The largest absolute Gasteiger partial charge is 0.422 e. The fourth-order valence-corrected chi connectivity index (χ4v) is 1.50. The predicted molar refractivity (Wildman–Crippen MR) is 60.7 cm³/mol. The van der Waals surface area contributed by atoms with Crippen molar-refractivity contribution in [3.63, 3.8) is 0 Å². The summed E-state index contributed by atoms with van der Waals surface area (Å²) in [6, 6.07) is 7.10. The van der Waals surface area contributed by atoms with E-state index < -0.39 is 5.63 Å². The van der Waals surface area contributed by atoms with Gasteiger partial charge in [-0.2, -0.15) is 0 Å². The van der Waals surface area contributed by atoms with Crippen molar-refractivity contribution in [2.24, 2.45) is 5.11 Å². The molecule has 5 heteroatoms. The summed E-state index contributed by atoms with van der Waals surface area (Å²) in [5.74, 6) is 0. The van der Waals surface area contributed by atoms with Crippen LogP contribution in [0.4, 0.5) is 5.69 Å². The Balaban J connectivity index is 2.75. The molecular formula is C11H9N3O2. The van der Waals surface area contributed by atoms with E-state index in [1.165, 1.54) is 0 Å². The lowest BCUT2D eigenvalue weighted by Gasteiger charge is -2.00. The van der Waals surface area contributed by atoms with E-state index in [9.17, 15) is 4.79 Å². The second-order valence-corrected chi connectivity index (χ2v) is 3.33. The van der Waals surface area contributed by atoms with Gasteiger partial charge < -0.3 is 4.42 Å². The molecule has 16 heavy (non-hydrogen) atoms. The number of azide groups is 1. The summed E-state index contributed by atoms with van der Waals surface area (Å²) < 4.78 is 5.02. The molecule has 0 aliphatic heterocycles. The first-order valence-electron chi connectivity index (χ1n) is 4.86. The smallest absolute Gasteiger partial charge is 0.345 e. The van der Waals surface area contributed by atoms with Gasteiger partial charge in [-0.3, -0.25) is 0 Å². The van der Waals surface area contributed by atoms with Gasteiger partial charge >= 0.3 is 5.63 Å². The topological polar surface area (TPSA) is 79.0 Å². The first kappa shape index (κ1) is 10.3. The van der Waals surface area contributed by atoms with Crippen LogP contribution in [0.2, 0.25) is 0 Å². The van der Waals surface area contributed by atoms with Gasteiger partial charge in [0.2, 0.25) is 0 Å². The van der Waals surface area contributed by atoms with Crippen LogP contribution in [0.3, 0.4) is 0 Å². The van der Waals surface area contributed by atoms with Gasteiger partial charge in [0.25, 0.3) is 0 Å². The van der Waals surface area contributed by atoms with Gasteiger partial charge in [-0.25, -0.2) is 4.79 Å². The van der Waals surface area contributed by atoms with Gasteiger partial charge in [0, 0.05) is 10.3 Å². The first-order valence-corrected chi connectivity index (χ1v) is 4.86. The van der Waals surface area contributed by atoms with Crippen LogP contribution in [-0.4, -0.2) is 0 Å². The lowest BCUT2D eigenvalue weighted by atomic mass is 10.1. The van der Waals surface area contributed by atoms with Crippen LogP contribution in [-0.2, 0) is 6.42 Å². The standard InChI is InChI=1S/C11H9N3O2/c1-2-7-3-4-10-8(5-7)6-9(13-14-12)11(15)16-10/h3-6H,2H2,1H3. The number of benzene rings is 1. The molecule has 0 aliphatic rings. The molecule has 0 saturated heterocycles. The van der Waals surface area contributed by atoms with Crippen LogP contribution in [0.15, 0.2) is 38.6 Å². The molecule has 0 fully saturated rings. The van der Waals surface area contributed by atoms with Crippen LogP contribution in [0.5, 0.6) is 0 Å². The van der Waals surface area contributed by atoms with Crippen molar-refractivity contribution < 1.29 is 4.42 Å². The maximum Gasteiger partial charge on any atom is 0.345 e. The van der Waals surface area contributed by atoms with Crippen molar-refractivity contribution >= 4 is 16.7 Å². The van der Waals surface area contributed by atoms with E-state index in [1.54, 1.807) is 12.1 Å². The van der Waals surface area contributed by atoms with E-state index in [1.807, 2.05) is 19.1 Å². The number of rotatable bonds is 2. The summed E-state index contributed by atoms with van der Waals surface area (Å²) in [4.78, 5) is 13.9. The van der Waals surface area contributed by atoms with Gasteiger partial charge in [0.1, 0.15) is 11.3 Å². The molecule has 1 aromatic heterocycles. The van der Waals surface area contributed by atoms with Gasteiger partial charge in [0.05, 0.1) is 0 Å². The molecule has 1 aromatic carbocycles. The molecule has 1 heterocycles. The monoisotopic (exact) mass is 215 g/mol. The first-order chi connectivity index (χ1) is 7.74. The minimum absolute atomic E-state index is 0.0109. The lowest BCUT2D eigenvalue weighted by molar-refractivity contribution is 0.562. The highest BCUT2D eigenvalue weighted by molar-refractivity contribution is 5.79. The summed E-state index contributed by atoms with van der Waals surface area (Å²) in [6.45, 7) is 2.04. The van der Waals surface area contributed by atoms with E-state index in [0.29, 0.717) is 5.58 Å². The summed E-state index contributed by atoms with van der Waals surface area (Å²) in [5.41, 5.74) is 9.30. The summed E-state index contributed by atoms with van der Waals surface area (Å²) >= 11 is 0. The maximum atomic E-state index is 11.3. The lowest BCUT2D eigenvalue weighted by Crippen LogP contribution is -1.97. The van der Waals surface area contributed by atoms with Crippen LogP contribution < -0.4 is 5.63 Å². The van der Waals surface area contributed by atoms with Crippen LogP contribution >= 0.6 is 0 Å². The highest BCUT2D eigenvalue weighted by Gasteiger charge is 2.03. The molecule has 0 spiro atoms. The van der Waals surface area contributed by atoms with Gasteiger partial charge in [0.15, 0.2) is 0 Å². The van der Waals surface area contributed by atoms with Crippen LogP contribution in [0, 0.1) is 0 Å². The van der Waals surface area contributed by atoms with Crippen LogP contribution in [0.1, 0.15) is 12.5 Å². The highest BCUT2D eigenvalue weighted by atomic mass is 16.4. The normalized spacial score (nSPS) is 10.1. The average molecular weight is 215 g/mol. The zero-order valence-corrected chi connectivity index (χ0v) is 8.67. The zero-order valence-electron chi connectivity index (χ0n) is 8.67. The SMILES string of the molecule is CCc1ccc2oc(=O)c(N=[N+]=[N-])cc2c1. The highest BCUT2D eigenvalue weighted by Crippen LogP contribution is 2.19. The Kier molecular flexibility index (Phi) is 2.62. The third-order valence-corrected chi connectivity index (χ3v) is 2.34. The number of nitrogens with zero attached hydrogens (tertiary/aromatic N) is 3. The van der Waals surface area contributed by atoms with Gasteiger partial charge in [-0.1, -0.05) is 18.1 Å². The second kappa shape index (κ2) is 4.08. The fourth-order valence-electron chi connectivity index (χ4n) is 1.50. The van der Waals surface area contributed by atoms with E-state index in [4.69, 9.17) is 9.95 Å². The Morgan fingerprint density at radius 1 is 1.44 bits per heavy atom. The molecule has 5 nitrogen and oxygen atoms in total. The summed E-state index contributed by atoms with van der Waals surface area (Å²) in [5, 5.41) is 4.05. The molecule has 0 atom stereocenters. The Labute approximate surface area is 90.9 Å². The number of aryl methyl sites for hydroxylation is 1. The Morgan fingerprint density at radius 3 is 2.94 bits per heavy atom. The predicted octanol–water partition coefficient (Wildman–Crippen LogP) is 3.30.